The Balaban J connectivity index is 1.82. The number of aliphatic hydroxyl groups is 1. The fourth-order valence-electron chi connectivity index (χ4n) is 3.60. The minimum absolute atomic E-state index is 0.159. The third kappa shape index (κ3) is 4.41. The molecule has 2 heterocycles. The number of ether oxygens (including phenoxy) is 1. The van der Waals surface area contributed by atoms with E-state index >= 15 is 4.39 Å². The van der Waals surface area contributed by atoms with Crippen LogP contribution in [0.5, 0.6) is 0 Å². The molecule has 1 aromatic heterocycles. The number of hydrogen-bond acceptors (Lipinski definition) is 10. The molecule has 0 bridgehead atoms. The topological polar surface area (TPSA) is 241 Å². The number of nitrogens with zero attached hydrogens (tertiary/aromatic N) is 2. The normalized spacial score (nSPS) is 36.4. The van der Waals surface area contributed by atoms with Gasteiger partial charge < -0.3 is 35.2 Å². The second kappa shape index (κ2) is 7.66. The highest BCUT2D eigenvalue weighted by molar-refractivity contribution is 7.68. The van der Waals surface area contributed by atoms with Gasteiger partial charge in [0.05, 0.1) is 12.0 Å². The smallest absolute Gasteiger partial charge is 0.383 e. The molecule has 3 rings (SSSR count). The van der Waals surface area contributed by atoms with Crippen LogP contribution < -0.4 is 11.4 Å². The van der Waals surface area contributed by atoms with Crippen molar-refractivity contribution in [3.63, 3.8) is 0 Å². The van der Waals surface area contributed by atoms with Crippen LogP contribution in [0.1, 0.15) is 6.23 Å². The van der Waals surface area contributed by atoms with Gasteiger partial charge >= 0.3 is 28.9 Å². The molecule has 1 saturated carbocycles. The lowest BCUT2D eigenvalue weighted by Gasteiger charge is -2.24. The van der Waals surface area contributed by atoms with Crippen LogP contribution in [0.25, 0.3) is 0 Å². The van der Waals surface area contributed by atoms with Crippen molar-refractivity contribution in [2.75, 3.05) is 17.8 Å². The molecular formula is C11H16ClFN3O12P3. The molecule has 0 amide bonds. The van der Waals surface area contributed by atoms with E-state index in [4.69, 9.17) is 31.9 Å². The average molecular weight is 530 g/mol. The first-order chi connectivity index (χ1) is 14.0. The molecule has 31 heavy (non-hydrogen) atoms. The number of halogens is 2. The molecule has 7 N–H and O–H groups in total. The summed E-state index contributed by atoms with van der Waals surface area (Å²) in [4.78, 5) is 51.5. The maximum atomic E-state index is 15.1. The second-order valence-electron chi connectivity index (χ2n) is 6.80. The van der Waals surface area contributed by atoms with Crippen molar-refractivity contribution in [2.24, 2.45) is 5.92 Å². The highest BCUT2D eigenvalue weighted by Gasteiger charge is 2.87. The monoisotopic (exact) mass is 529 g/mol. The van der Waals surface area contributed by atoms with Crippen molar-refractivity contribution < 1.29 is 56.1 Å². The lowest BCUT2D eigenvalue weighted by atomic mass is 10.1. The van der Waals surface area contributed by atoms with Gasteiger partial charge in [-0.3, -0.25) is 9.13 Å². The van der Waals surface area contributed by atoms with Crippen molar-refractivity contribution in [1.82, 2.24) is 9.55 Å². The number of aromatic nitrogens is 2. The van der Waals surface area contributed by atoms with Crippen LogP contribution >= 0.6 is 34.8 Å². The molecule has 0 aromatic carbocycles. The number of rotatable bonds is 8. The van der Waals surface area contributed by atoms with Gasteiger partial charge in [0.2, 0.25) is 0 Å². The first-order valence-electron chi connectivity index (χ1n) is 8.06. The van der Waals surface area contributed by atoms with Gasteiger partial charge in [0, 0.05) is 12.1 Å². The predicted octanol–water partition coefficient (Wildman–Crippen LogP) is -0.557. The Morgan fingerprint density at radius 2 is 1.90 bits per heavy atom. The van der Waals surface area contributed by atoms with Gasteiger partial charge in [-0.1, -0.05) is 0 Å². The summed E-state index contributed by atoms with van der Waals surface area (Å²) in [7, 11) is -16.5. The van der Waals surface area contributed by atoms with Crippen LogP contribution in [0.2, 0.25) is 0 Å². The summed E-state index contributed by atoms with van der Waals surface area (Å²) in [6, 6.07) is 1.16. The molecule has 7 unspecified atom stereocenters. The van der Waals surface area contributed by atoms with Gasteiger partial charge in [-0.25, -0.2) is 22.6 Å². The van der Waals surface area contributed by atoms with E-state index in [1.807, 2.05) is 0 Å². The van der Waals surface area contributed by atoms with E-state index in [1.165, 1.54) is 0 Å². The first-order valence-corrected chi connectivity index (χ1v) is 13.4. The van der Waals surface area contributed by atoms with Crippen molar-refractivity contribution in [3.05, 3.63) is 22.7 Å². The zero-order valence-electron chi connectivity index (χ0n) is 15.0. The maximum Gasteiger partial charge on any atom is 0.488 e. The van der Waals surface area contributed by atoms with Crippen LogP contribution in [-0.2, 0) is 27.1 Å². The highest BCUT2D eigenvalue weighted by Crippen LogP contribution is 2.74. The molecule has 1 aliphatic carbocycles. The Morgan fingerprint density at radius 1 is 1.29 bits per heavy atom. The molecule has 1 aliphatic heterocycles. The summed E-state index contributed by atoms with van der Waals surface area (Å²) < 4.78 is 62.9. The Kier molecular flexibility index (Phi) is 6.15. The van der Waals surface area contributed by atoms with E-state index in [1.54, 1.807) is 0 Å². The summed E-state index contributed by atoms with van der Waals surface area (Å²) in [6.07, 6.45) is -4.24. The quantitative estimate of drug-likeness (QED) is 0.183. The summed E-state index contributed by atoms with van der Waals surface area (Å²) in [5.74, 6) is -2.35. The minimum atomic E-state index is -5.72. The summed E-state index contributed by atoms with van der Waals surface area (Å²) in [6.45, 7) is 0. The zero-order valence-corrected chi connectivity index (χ0v) is 18.4. The van der Waals surface area contributed by atoms with Crippen molar-refractivity contribution in [1.29, 1.82) is 0 Å². The molecule has 20 heteroatoms. The average Bonchev–Trinajstić information content (AvgIpc) is 2.95. The largest absolute Gasteiger partial charge is 0.488 e. The standard InChI is InChI=1S/C11H16ClFN3O12P3/c12-4-10-5(3-29(19,20)27-31(24,25)28-30(21,22)23)11(10,18)7(13)8(26-10)16-2-1-6(14)15-9(16)17/h1-2,5,7-8,18H,3-4H2,(H,19,20)(H,24,25)(H2,14,15,17)(H2,21,22,23). The van der Waals surface area contributed by atoms with Crippen LogP contribution in [-0.4, -0.2) is 63.6 Å². The van der Waals surface area contributed by atoms with E-state index in [-0.39, 0.29) is 5.82 Å². The summed E-state index contributed by atoms with van der Waals surface area (Å²) in [5.41, 5.74) is -0.162. The zero-order chi connectivity index (χ0) is 23.6. The van der Waals surface area contributed by atoms with E-state index in [0.717, 1.165) is 12.3 Å². The summed E-state index contributed by atoms with van der Waals surface area (Å²) >= 11 is 5.79. The molecule has 0 spiro atoms. The number of nitrogens with two attached hydrogens (primary N) is 1. The van der Waals surface area contributed by atoms with Crippen LogP contribution in [0.3, 0.4) is 0 Å². The van der Waals surface area contributed by atoms with E-state index in [2.05, 4.69) is 13.6 Å². The number of hydrogen-bond donors (Lipinski definition) is 6. The second-order valence-corrected chi connectivity index (χ2v) is 11.9. The molecule has 2 fully saturated rings. The van der Waals surface area contributed by atoms with Crippen molar-refractivity contribution in [3.8, 4) is 0 Å². The van der Waals surface area contributed by atoms with Gasteiger partial charge in [0.25, 0.3) is 0 Å². The third-order valence-electron chi connectivity index (χ3n) is 4.87. The summed E-state index contributed by atoms with van der Waals surface area (Å²) in [5, 5.41) is 10.8. The Morgan fingerprint density at radius 3 is 2.39 bits per heavy atom. The number of alkyl halides is 2. The molecule has 7 atom stereocenters. The molecule has 2 aliphatic rings. The lowest BCUT2D eigenvalue weighted by Crippen LogP contribution is -2.37. The van der Waals surface area contributed by atoms with Crippen molar-refractivity contribution >= 4 is 40.7 Å². The molecule has 1 aromatic rings. The fourth-order valence-corrected chi connectivity index (χ4v) is 8.12. The molecule has 0 radical (unpaired) electrons. The Bertz CT molecular complexity index is 1100. The van der Waals surface area contributed by atoms with Gasteiger partial charge in [-0.2, -0.15) is 9.29 Å². The Labute approximate surface area is 176 Å². The van der Waals surface area contributed by atoms with Gasteiger partial charge in [0.15, 0.2) is 12.4 Å². The predicted molar refractivity (Wildman–Crippen MR) is 98.5 cm³/mol. The highest BCUT2D eigenvalue weighted by atomic mass is 35.5. The van der Waals surface area contributed by atoms with E-state index < -0.39 is 70.5 Å². The number of fused-ring (bicyclic) bond motifs is 1. The molecule has 1 saturated heterocycles. The first kappa shape index (κ1) is 24.9. The third-order valence-corrected chi connectivity index (χ3v) is 9.61. The number of phosphoric acid groups is 2. The maximum absolute atomic E-state index is 15.1. The van der Waals surface area contributed by atoms with E-state index in [0.29, 0.717) is 4.57 Å². The lowest BCUT2D eigenvalue weighted by molar-refractivity contribution is -0.0662. The molecule has 176 valence electrons. The van der Waals surface area contributed by atoms with Gasteiger partial charge in [-0.05, 0) is 6.07 Å². The minimum Gasteiger partial charge on any atom is -0.383 e. The SMILES string of the molecule is Nc1ccn(C2OC3(CCl)C(CP(=O)(O)OP(=O)(O)OP(=O)(O)O)C3(O)C2F)c(=O)n1. The van der Waals surface area contributed by atoms with Crippen molar-refractivity contribution in [2.45, 2.75) is 23.6 Å². The van der Waals surface area contributed by atoms with Crippen LogP contribution in [0.15, 0.2) is 17.1 Å². The van der Waals surface area contributed by atoms with Crippen LogP contribution in [0, 0.1) is 5.92 Å². The number of nitrogen functional groups attached to an aromatic ring is 1. The molecule has 15 nitrogen and oxygen atoms in total. The fraction of sp³-hybridized carbons (Fsp3) is 0.636. The van der Waals surface area contributed by atoms with Gasteiger partial charge in [-0.15, -0.1) is 11.6 Å². The van der Waals surface area contributed by atoms with E-state index in [9.17, 15) is 33.4 Å². The van der Waals surface area contributed by atoms with Gasteiger partial charge in [0.1, 0.15) is 17.0 Å². The number of anilines is 1. The van der Waals surface area contributed by atoms with Crippen LogP contribution in [0.4, 0.5) is 10.2 Å². The Hall–Kier alpha value is -0.730. The molecular weight excluding hydrogens is 514 g/mol.